The molecule has 0 spiro atoms. The van der Waals surface area contributed by atoms with Crippen LogP contribution in [0.5, 0.6) is 0 Å². The van der Waals surface area contributed by atoms with Gasteiger partial charge in [-0.3, -0.25) is 4.79 Å². The van der Waals surface area contributed by atoms with Gasteiger partial charge in [0.1, 0.15) is 5.78 Å². The molecular formula is C13H18OS2. The van der Waals surface area contributed by atoms with Crippen LogP contribution in [0.15, 0.2) is 17.5 Å². The Bertz CT molecular complexity index is 337. The zero-order valence-electron chi connectivity index (χ0n) is 9.70. The molecule has 3 heteroatoms. The van der Waals surface area contributed by atoms with Crippen LogP contribution in [-0.4, -0.2) is 16.3 Å². The van der Waals surface area contributed by atoms with Crippen LogP contribution in [-0.2, 0) is 11.2 Å². The van der Waals surface area contributed by atoms with Crippen LogP contribution in [0.4, 0.5) is 0 Å². The summed E-state index contributed by atoms with van der Waals surface area (Å²) in [5, 5.41) is 2.10. The van der Waals surface area contributed by atoms with Gasteiger partial charge in [-0.25, -0.2) is 0 Å². The summed E-state index contributed by atoms with van der Waals surface area (Å²) in [5.41, 5.74) is 0. The van der Waals surface area contributed by atoms with E-state index in [1.165, 1.54) is 11.3 Å². The van der Waals surface area contributed by atoms with Crippen molar-refractivity contribution in [2.75, 3.05) is 5.75 Å². The molecule has 1 saturated heterocycles. The summed E-state index contributed by atoms with van der Waals surface area (Å²) in [4.78, 5) is 13.5. The number of rotatable bonds is 5. The Balaban J connectivity index is 1.75. The summed E-state index contributed by atoms with van der Waals surface area (Å²) in [5.74, 6) is 1.62. The minimum Gasteiger partial charge on any atom is -0.298 e. The van der Waals surface area contributed by atoms with Gasteiger partial charge in [-0.15, -0.1) is 23.1 Å². The number of ketones is 1. The van der Waals surface area contributed by atoms with Gasteiger partial charge in [0.25, 0.3) is 0 Å². The fraction of sp³-hybridized carbons (Fsp3) is 0.615. The highest BCUT2D eigenvalue weighted by molar-refractivity contribution is 8.01. The number of carbonyl (C=O) groups excluding carboxylic acids is 1. The number of Topliss-reactive ketones (excluding diaryl/α,β-unsaturated/α-hetero) is 1. The molecule has 0 saturated carbocycles. The molecule has 16 heavy (non-hydrogen) atoms. The molecule has 0 N–H and O–H groups in total. The van der Waals surface area contributed by atoms with Crippen molar-refractivity contribution in [3.63, 3.8) is 0 Å². The van der Waals surface area contributed by atoms with Gasteiger partial charge in [0.15, 0.2) is 0 Å². The summed E-state index contributed by atoms with van der Waals surface area (Å²) in [7, 11) is 0. The number of hydrogen-bond donors (Lipinski definition) is 0. The van der Waals surface area contributed by atoms with E-state index in [9.17, 15) is 4.79 Å². The normalized spacial score (nSPS) is 24.8. The highest BCUT2D eigenvalue weighted by Crippen LogP contribution is 2.39. The van der Waals surface area contributed by atoms with Crippen LogP contribution in [0.25, 0.3) is 0 Å². The van der Waals surface area contributed by atoms with Gasteiger partial charge in [-0.2, -0.15) is 0 Å². The van der Waals surface area contributed by atoms with Crippen molar-refractivity contribution in [3.05, 3.63) is 22.4 Å². The maximum Gasteiger partial charge on any atom is 0.148 e. The average molecular weight is 254 g/mol. The third-order valence-electron chi connectivity index (χ3n) is 3.22. The lowest BCUT2D eigenvalue weighted by atomic mass is 9.96. The molecule has 2 heterocycles. The first-order chi connectivity index (χ1) is 7.71. The van der Waals surface area contributed by atoms with Crippen LogP contribution >= 0.6 is 23.1 Å². The molecule has 1 nitrogen and oxygen atoms in total. The van der Waals surface area contributed by atoms with Gasteiger partial charge in [0.05, 0.1) is 4.75 Å². The Kier molecular flexibility index (Phi) is 4.09. The number of aryl methyl sites for hydroxylation is 1. The van der Waals surface area contributed by atoms with Gasteiger partial charge in [0, 0.05) is 11.3 Å². The molecule has 0 aromatic carbocycles. The van der Waals surface area contributed by atoms with Gasteiger partial charge >= 0.3 is 0 Å². The van der Waals surface area contributed by atoms with Crippen LogP contribution < -0.4 is 0 Å². The zero-order valence-corrected chi connectivity index (χ0v) is 11.3. The molecule has 1 aromatic rings. The summed E-state index contributed by atoms with van der Waals surface area (Å²) < 4.78 is -0.0601. The van der Waals surface area contributed by atoms with Crippen molar-refractivity contribution in [2.45, 2.75) is 43.8 Å². The van der Waals surface area contributed by atoms with E-state index in [0.717, 1.165) is 31.4 Å². The topological polar surface area (TPSA) is 17.1 Å². The molecule has 1 fully saturated rings. The Hall–Kier alpha value is -0.280. The summed E-state index contributed by atoms with van der Waals surface area (Å²) in [6, 6.07) is 4.23. The molecule has 2 rings (SSSR count). The van der Waals surface area contributed by atoms with Crippen molar-refractivity contribution in [1.29, 1.82) is 0 Å². The number of thioether (sulfide) groups is 1. The quantitative estimate of drug-likeness (QED) is 0.792. The van der Waals surface area contributed by atoms with Crippen molar-refractivity contribution < 1.29 is 4.79 Å². The minimum absolute atomic E-state index is 0.0601. The molecule has 1 aromatic heterocycles. The first-order valence-electron chi connectivity index (χ1n) is 5.90. The van der Waals surface area contributed by atoms with E-state index >= 15 is 0 Å². The molecule has 1 unspecified atom stereocenters. The largest absolute Gasteiger partial charge is 0.298 e. The minimum atomic E-state index is -0.0601. The first kappa shape index (κ1) is 12.2. The monoisotopic (exact) mass is 254 g/mol. The third-order valence-corrected chi connectivity index (χ3v) is 5.71. The molecule has 0 bridgehead atoms. The van der Waals surface area contributed by atoms with Crippen LogP contribution in [0.3, 0.4) is 0 Å². The average Bonchev–Trinajstić information content (AvgIpc) is 2.90. The lowest BCUT2D eigenvalue weighted by molar-refractivity contribution is -0.121. The van der Waals surface area contributed by atoms with Crippen LogP contribution in [0.2, 0.25) is 0 Å². The van der Waals surface area contributed by atoms with Crippen molar-refractivity contribution in [3.8, 4) is 0 Å². The zero-order chi connectivity index (χ0) is 11.4. The molecule has 0 amide bonds. The molecular weight excluding hydrogens is 236 g/mol. The number of thiophene rings is 1. The Labute approximate surface area is 106 Å². The first-order valence-corrected chi connectivity index (χ1v) is 7.77. The lowest BCUT2D eigenvalue weighted by Crippen LogP contribution is -2.28. The molecule has 0 radical (unpaired) electrons. The molecule has 1 aliphatic rings. The summed E-state index contributed by atoms with van der Waals surface area (Å²) in [6.07, 6.45) is 5.11. The SMILES string of the molecule is CC1(C(=O)CCCc2cccs2)CCCS1. The second-order valence-corrected chi connectivity index (χ2v) is 7.17. The Morgan fingerprint density at radius 1 is 1.56 bits per heavy atom. The Morgan fingerprint density at radius 2 is 2.44 bits per heavy atom. The second-order valence-electron chi connectivity index (χ2n) is 4.54. The Morgan fingerprint density at radius 3 is 3.06 bits per heavy atom. The van der Waals surface area contributed by atoms with Crippen LogP contribution in [0, 0.1) is 0 Å². The van der Waals surface area contributed by atoms with Crippen molar-refractivity contribution >= 4 is 28.9 Å². The molecule has 1 atom stereocenters. The smallest absolute Gasteiger partial charge is 0.148 e. The van der Waals surface area contributed by atoms with Crippen LogP contribution in [0.1, 0.15) is 37.5 Å². The summed E-state index contributed by atoms with van der Waals surface area (Å²) in [6.45, 7) is 2.12. The standard InChI is InChI=1S/C13H18OS2/c1-13(8-4-10-16-13)12(14)7-2-5-11-6-3-9-15-11/h3,6,9H,2,4-5,7-8,10H2,1H3. The van der Waals surface area contributed by atoms with Crippen molar-refractivity contribution in [2.24, 2.45) is 0 Å². The van der Waals surface area contributed by atoms with Crippen molar-refractivity contribution in [1.82, 2.24) is 0 Å². The maximum atomic E-state index is 12.1. The fourth-order valence-corrected chi connectivity index (χ4v) is 4.18. The predicted octanol–water partition coefficient (Wildman–Crippen LogP) is 3.93. The van der Waals surface area contributed by atoms with E-state index in [1.807, 2.05) is 11.8 Å². The van der Waals surface area contributed by atoms with Gasteiger partial charge in [0.2, 0.25) is 0 Å². The second kappa shape index (κ2) is 5.37. The van der Waals surface area contributed by atoms with Gasteiger partial charge < -0.3 is 0 Å². The van der Waals surface area contributed by atoms with E-state index in [4.69, 9.17) is 0 Å². The van der Waals surface area contributed by atoms with E-state index in [-0.39, 0.29) is 4.75 Å². The highest BCUT2D eigenvalue weighted by atomic mass is 32.2. The molecule has 1 aliphatic heterocycles. The molecule has 88 valence electrons. The van der Waals surface area contributed by atoms with Gasteiger partial charge in [-0.05, 0) is 49.8 Å². The fourth-order valence-electron chi connectivity index (χ4n) is 2.14. The number of hydrogen-bond acceptors (Lipinski definition) is 3. The highest BCUT2D eigenvalue weighted by Gasteiger charge is 2.35. The predicted molar refractivity (Wildman–Crippen MR) is 72.4 cm³/mol. The van der Waals surface area contributed by atoms with E-state index in [2.05, 4.69) is 24.4 Å². The summed E-state index contributed by atoms with van der Waals surface area (Å²) >= 11 is 3.64. The maximum absolute atomic E-state index is 12.1. The van der Waals surface area contributed by atoms with E-state index < -0.39 is 0 Å². The lowest BCUT2D eigenvalue weighted by Gasteiger charge is -2.20. The van der Waals surface area contributed by atoms with E-state index in [0.29, 0.717) is 5.78 Å². The third kappa shape index (κ3) is 2.89. The molecule has 0 aliphatic carbocycles. The number of carbonyl (C=O) groups is 1. The van der Waals surface area contributed by atoms with Gasteiger partial charge in [-0.1, -0.05) is 6.07 Å². The van der Waals surface area contributed by atoms with E-state index in [1.54, 1.807) is 11.3 Å².